The van der Waals surface area contributed by atoms with Gasteiger partial charge in [-0.1, -0.05) is 22.6 Å². The standard InChI is InChI=1S/C66H110N8O38/c1-27-33(67-35-13-29(19-75)43(83)47(87)45(35)85)15-37(81)61(103-27)109-57-41(23-79)107-65(55(95)51(57)91)111-59-39(21-77)105-63(53(93)49(59)89)101-25-31-17-73(71-69-31)3-5-97-7-9-99-11-12-100-10-8-98-6-4-74-18-32(70-72-74)26-102-64-54(94)50(90)60(40(22-78)106-64)112-66-56(96)52(92)58(42(24-80)108-66)110-62-38(82)16-34(28(2)104-62)68-36-14-30(20-76)44(84)48(88)46(36)86/h13-14,17-18,27-28,33-68,75-96H,3-12,15-16,19-26H2,1-2H3/t27?,28?,33-,34+,35-,36+,37-,38?,39?,40?,41?,42?,43+,44-,45-,46-,47-,48+,49?,50-,51?,52-,53-,54?,55-,56?,57+,58-,59+,60-,61+,62-,63+,64-,65+,66-/m1/s1. The third kappa shape index (κ3) is 22.4. The fourth-order valence-electron chi connectivity index (χ4n) is 14.2. The molecule has 2 aromatic rings. The first-order chi connectivity index (χ1) is 53.7. The molecule has 10 rings (SSSR count). The van der Waals surface area contributed by atoms with Crippen LogP contribution in [0.2, 0.25) is 0 Å². The van der Waals surface area contributed by atoms with E-state index in [0.717, 1.165) is 0 Å². The molecule has 0 spiro atoms. The van der Waals surface area contributed by atoms with E-state index in [1.165, 1.54) is 21.5 Å². The predicted octanol–water partition coefficient (Wildman–Crippen LogP) is -14.4. The van der Waals surface area contributed by atoms with Crippen molar-refractivity contribution in [3.8, 4) is 0 Å². The van der Waals surface area contributed by atoms with Crippen molar-refractivity contribution in [2.45, 2.75) is 274 Å². The second-order valence-corrected chi connectivity index (χ2v) is 28.5. The highest BCUT2D eigenvalue weighted by Crippen LogP contribution is 2.37. The Morgan fingerprint density at radius 3 is 1.00 bits per heavy atom. The summed E-state index contributed by atoms with van der Waals surface area (Å²) in [7, 11) is 0. The van der Waals surface area contributed by atoms with Crippen LogP contribution in [0.1, 0.15) is 38.1 Å². The van der Waals surface area contributed by atoms with Crippen LogP contribution in [-0.2, 0) is 102 Å². The van der Waals surface area contributed by atoms with E-state index < -0.39 is 260 Å². The van der Waals surface area contributed by atoms with E-state index in [4.69, 9.17) is 75.8 Å². The topological polar surface area (TPSA) is 678 Å². The van der Waals surface area contributed by atoms with Crippen molar-refractivity contribution in [2.75, 3.05) is 92.5 Å². The van der Waals surface area contributed by atoms with Gasteiger partial charge in [-0.15, -0.1) is 10.2 Å². The number of hydrogen-bond acceptors (Lipinski definition) is 44. The Bertz CT molecular complexity index is 2950. The maximum Gasteiger partial charge on any atom is 0.187 e. The Labute approximate surface area is 640 Å². The minimum Gasteiger partial charge on any atom is -0.394 e. The summed E-state index contributed by atoms with van der Waals surface area (Å²) in [6.07, 6.45) is -44.1. The Hall–Kier alpha value is -3.84. The normalized spacial score (nSPS) is 42.3. The van der Waals surface area contributed by atoms with Crippen molar-refractivity contribution in [3.63, 3.8) is 0 Å². The van der Waals surface area contributed by atoms with Crippen molar-refractivity contribution < 1.29 is 188 Å². The lowest BCUT2D eigenvalue weighted by Gasteiger charge is -2.48. The van der Waals surface area contributed by atoms with Gasteiger partial charge in [0.2, 0.25) is 0 Å². The monoisotopic (exact) mass is 1620 g/mol. The lowest BCUT2D eigenvalue weighted by atomic mass is 9.87. The van der Waals surface area contributed by atoms with E-state index in [9.17, 15) is 112 Å². The Morgan fingerprint density at radius 1 is 0.375 bits per heavy atom. The number of aliphatic hydroxyl groups is 22. The molecule has 0 saturated carbocycles. The SMILES string of the molecule is CC1O[C@H](O[C@@H]2C(CO)O[C@H](O[C@@H]3C(CO)O[C@@H](OCc4cn(CCOCCOCCOCCOCCn5cc(CO[C@H]6OC(CO)[C@H](O[C@@H]7OC(CO)[C@H](O[C@@H]8OC(C)[C@H](N[C@@H]9C=C(CO)[C@H](O)[C@@H](O)[C@@H]9O)C[C@H]8O)C(O)[C@H]7O)C(O)[C@H]6O)nn5)nn4)C(O)[C@H]3O)C(O)[C@H]2O)C(O)C[C@@H]1N[C@H]1C=C(CO)[C@@H](O)[C@H](O)[C@@H]1O. The average Bonchev–Trinajstić information content (AvgIpc) is 0.836. The van der Waals surface area contributed by atoms with Crippen LogP contribution in [-0.4, -0.2) is 455 Å². The summed E-state index contributed by atoms with van der Waals surface area (Å²) in [6, 6.07) is -3.24. The van der Waals surface area contributed by atoms with Crippen LogP contribution in [0.4, 0.5) is 0 Å². The maximum atomic E-state index is 11.3. The van der Waals surface area contributed by atoms with Gasteiger partial charge in [0, 0.05) is 12.1 Å². The summed E-state index contributed by atoms with van der Waals surface area (Å²) < 4.78 is 95.0. The number of hydrogen-bond donors (Lipinski definition) is 24. The van der Waals surface area contributed by atoms with Crippen LogP contribution in [0.5, 0.6) is 0 Å². The molecule has 2 aromatic heterocycles. The van der Waals surface area contributed by atoms with Crippen LogP contribution in [0, 0.1) is 0 Å². The molecule has 36 atom stereocenters. The van der Waals surface area contributed by atoms with E-state index in [2.05, 4.69) is 31.3 Å². The van der Waals surface area contributed by atoms with Crippen LogP contribution < -0.4 is 10.6 Å². The van der Waals surface area contributed by atoms with E-state index in [-0.39, 0.29) is 103 Å². The summed E-state index contributed by atoms with van der Waals surface area (Å²) in [5, 5.41) is 256. The molecule has 11 unspecified atom stereocenters. The first-order valence-electron chi connectivity index (χ1n) is 37.1. The third-order valence-corrected chi connectivity index (χ3v) is 20.7. The van der Waals surface area contributed by atoms with Gasteiger partial charge < -0.3 is 199 Å². The highest BCUT2D eigenvalue weighted by Gasteiger charge is 2.56. The molecule has 46 nitrogen and oxygen atoms in total. The Kier molecular flexibility index (Phi) is 34.5. The molecule has 46 heteroatoms. The second-order valence-electron chi connectivity index (χ2n) is 28.5. The largest absolute Gasteiger partial charge is 0.394 e. The van der Waals surface area contributed by atoms with Gasteiger partial charge in [0.05, 0.1) is 155 Å². The van der Waals surface area contributed by atoms with Crippen molar-refractivity contribution >= 4 is 0 Å². The Morgan fingerprint density at radius 2 is 0.679 bits per heavy atom. The third-order valence-electron chi connectivity index (χ3n) is 20.7. The van der Waals surface area contributed by atoms with E-state index >= 15 is 0 Å². The fourth-order valence-corrected chi connectivity index (χ4v) is 14.2. The summed E-state index contributed by atoms with van der Waals surface area (Å²) >= 11 is 0. The first-order valence-corrected chi connectivity index (χ1v) is 37.1. The molecule has 112 heavy (non-hydrogen) atoms. The zero-order valence-electron chi connectivity index (χ0n) is 61.3. The molecule has 6 saturated heterocycles. The second kappa shape index (κ2) is 42.7. The molecule has 0 amide bonds. The smallest absolute Gasteiger partial charge is 0.187 e. The fraction of sp³-hybridized carbons (Fsp3) is 0.879. The molecule has 8 heterocycles. The number of aromatic nitrogens is 6. The number of aliphatic hydroxyl groups excluding tert-OH is 22. The number of ether oxygens (including phenoxy) is 16. The van der Waals surface area contributed by atoms with Gasteiger partial charge >= 0.3 is 0 Å². The molecule has 6 fully saturated rings. The van der Waals surface area contributed by atoms with Gasteiger partial charge in [0.15, 0.2) is 37.7 Å². The quantitative estimate of drug-likeness (QED) is 0.0218. The molecule has 0 radical (unpaired) electrons. The minimum atomic E-state index is -1.94. The van der Waals surface area contributed by atoms with Crippen molar-refractivity contribution in [2.24, 2.45) is 0 Å². The molecule has 642 valence electrons. The molecule has 2 aliphatic carbocycles. The highest BCUT2D eigenvalue weighted by atomic mass is 16.8. The van der Waals surface area contributed by atoms with Gasteiger partial charge in [-0.05, 0) is 37.8 Å². The van der Waals surface area contributed by atoms with Gasteiger partial charge in [-0.3, -0.25) is 0 Å². The molecule has 24 N–H and O–H groups in total. The summed E-state index contributed by atoms with van der Waals surface area (Å²) in [5.74, 6) is 0. The van der Waals surface area contributed by atoms with Crippen molar-refractivity contribution in [1.82, 2.24) is 40.6 Å². The summed E-state index contributed by atoms with van der Waals surface area (Å²) in [6.45, 7) is 0.871. The van der Waals surface area contributed by atoms with Crippen LogP contribution in [0.15, 0.2) is 35.7 Å². The van der Waals surface area contributed by atoms with E-state index in [1.54, 1.807) is 26.2 Å². The number of nitrogens with zero attached hydrogens (tertiary/aromatic N) is 6. The first kappa shape index (κ1) is 90.5. The molecular formula is C66H110N8O38. The molecule has 0 aromatic carbocycles. The lowest BCUT2D eigenvalue weighted by Crippen LogP contribution is -2.66. The molecular weight excluding hydrogens is 1510 g/mol. The molecule has 8 aliphatic rings. The van der Waals surface area contributed by atoms with Gasteiger partial charge in [-0.25, -0.2) is 9.36 Å². The van der Waals surface area contributed by atoms with E-state index in [1.807, 2.05) is 0 Å². The van der Waals surface area contributed by atoms with Gasteiger partial charge in [0.1, 0.15) is 158 Å². The zero-order chi connectivity index (χ0) is 80.8. The maximum absolute atomic E-state index is 11.3. The molecule has 6 aliphatic heterocycles. The van der Waals surface area contributed by atoms with Crippen molar-refractivity contribution in [1.29, 1.82) is 0 Å². The van der Waals surface area contributed by atoms with Gasteiger partial charge in [0.25, 0.3) is 0 Å². The predicted molar refractivity (Wildman–Crippen MR) is 361 cm³/mol. The summed E-state index contributed by atoms with van der Waals surface area (Å²) in [5.41, 5.74) is 0.755. The van der Waals surface area contributed by atoms with E-state index in [0.29, 0.717) is 11.4 Å². The Balaban J connectivity index is 0.545. The van der Waals surface area contributed by atoms with Crippen LogP contribution >= 0.6 is 0 Å². The van der Waals surface area contributed by atoms with Crippen molar-refractivity contribution in [3.05, 3.63) is 47.1 Å². The van der Waals surface area contributed by atoms with Gasteiger partial charge in [-0.2, -0.15) is 0 Å². The number of rotatable bonds is 39. The summed E-state index contributed by atoms with van der Waals surface area (Å²) in [4.78, 5) is 0. The van der Waals surface area contributed by atoms with Crippen LogP contribution in [0.25, 0.3) is 0 Å². The lowest BCUT2D eigenvalue weighted by molar-refractivity contribution is -0.374. The zero-order valence-corrected chi connectivity index (χ0v) is 61.3. The molecule has 0 bridgehead atoms. The minimum absolute atomic E-state index is 0.0652. The average molecular weight is 1620 g/mol. The highest BCUT2D eigenvalue weighted by molar-refractivity contribution is 5.23. The number of nitrogens with one attached hydrogen (secondary N) is 2. The van der Waals surface area contributed by atoms with Crippen LogP contribution in [0.3, 0.4) is 0 Å².